The Bertz CT molecular complexity index is 1290. The van der Waals surface area contributed by atoms with E-state index < -0.39 is 10.0 Å². The number of benzene rings is 2. The first-order valence-corrected chi connectivity index (χ1v) is 10.7. The molecule has 29 heavy (non-hydrogen) atoms. The average molecular weight is 404 g/mol. The standard InChI is InChI=1S/C23H20N2O3S/c1-14-3-4-19(13-22(14)29(24,27)28)23(26)18-6-8-20-16(12-18)5-7-21(20)17-9-10-25-15(2)11-17/h3-4,6-13H,5H2,1-2H3,(H2,24,27,28). The van der Waals surface area contributed by atoms with E-state index in [2.05, 4.69) is 11.1 Å². The molecule has 0 aliphatic heterocycles. The van der Waals surface area contributed by atoms with Crippen LogP contribution in [-0.4, -0.2) is 19.2 Å². The lowest BCUT2D eigenvalue weighted by atomic mass is 9.95. The number of carbonyl (C=O) groups is 1. The van der Waals surface area contributed by atoms with Gasteiger partial charge in [-0.05, 0) is 72.4 Å². The van der Waals surface area contributed by atoms with E-state index >= 15 is 0 Å². The second kappa shape index (κ2) is 7.06. The third kappa shape index (κ3) is 3.64. The summed E-state index contributed by atoms with van der Waals surface area (Å²) in [5.41, 5.74) is 6.69. The highest BCUT2D eigenvalue weighted by atomic mass is 32.2. The molecule has 0 spiro atoms. The minimum absolute atomic E-state index is 0.0264. The molecule has 0 bridgehead atoms. The van der Waals surface area contributed by atoms with E-state index in [4.69, 9.17) is 5.14 Å². The van der Waals surface area contributed by atoms with Crippen LogP contribution in [0, 0.1) is 13.8 Å². The number of hydrogen-bond acceptors (Lipinski definition) is 4. The maximum absolute atomic E-state index is 13.0. The van der Waals surface area contributed by atoms with Gasteiger partial charge in [-0.25, -0.2) is 13.6 Å². The lowest BCUT2D eigenvalue weighted by molar-refractivity contribution is 0.103. The number of fused-ring (bicyclic) bond motifs is 1. The zero-order valence-corrected chi connectivity index (χ0v) is 17.0. The Kier molecular flexibility index (Phi) is 4.68. The number of rotatable bonds is 4. The lowest BCUT2D eigenvalue weighted by Crippen LogP contribution is -2.15. The van der Waals surface area contributed by atoms with Gasteiger partial charge in [0.15, 0.2) is 5.78 Å². The summed E-state index contributed by atoms with van der Waals surface area (Å²) >= 11 is 0. The number of nitrogens with zero attached hydrogens (tertiary/aromatic N) is 1. The van der Waals surface area contributed by atoms with Crippen molar-refractivity contribution in [3.8, 4) is 0 Å². The molecule has 0 amide bonds. The summed E-state index contributed by atoms with van der Waals surface area (Å²) in [5.74, 6) is -0.231. The van der Waals surface area contributed by atoms with Gasteiger partial charge in [0, 0.05) is 23.0 Å². The summed E-state index contributed by atoms with van der Waals surface area (Å²) in [5, 5.41) is 5.27. The summed E-state index contributed by atoms with van der Waals surface area (Å²) < 4.78 is 23.5. The van der Waals surface area contributed by atoms with Gasteiger partial charge in [-0.2, -0.15) is 0 Å². The van der Waals surface area contributed by atoms with Crippen LogP contribution in [0.15, 0.2) is 65.7 Å². The smallest absolute Gasteiger partial charge is 0.238 e. The van der Waals surface area contributed by atoms with Crippen molar-refractivity contribution < 1.29 is 13.2 Å². The quantitative estimate of drug-likeness (QED) is 0.673. The lowest BCUT2D eigenvalue weighted by Gasteiger charge is -2.10. The van der Waals surface area contributed by atoms with Crippen molar-refractivity contribution in [2.75, 3.05) is 0 Å². The molecule has 0 saturated carbocycles. The van der Waals surface area contributed by atoms with Gasteiger partial charge in [-0.3, -0.25) is 9.78 Å². The molecule has 1 aliphatic rings. The minimum atomic E-state index is -3.89. The number of aromatic nitrogens is 1. The van der Waals surface area contributed by atoms with Crippen molar-refractivity contribution >= 4 is 21.4 Å². The van der Waals surface area contributed by atoms with Gasteiger partial charge in [0.05, 0.1) is 4.90 Å². The van der Waals surface area contributed by atoms with Gasteiger partial charge in [-0.15, -0.1) is 0 Å². The molecule has 2 N–H and O–H groups in total. The Hall–Kier alpha value is -3.09. The Morgan fingerprint density at radius 3 is 2.45 bits per heavy atom. The van der Waals surface area contributed by atoms with Gasteiger partial charge in [0.1, 0.15) is 0 Å². The number of primary sulfonamides is 1. The van der Waals surface area contributed by atoms with E-state index in [1.165, 1.54) is 6.07 Å². The van der Waals surface area contributed by atoms with Crippen molar-refractivity contribution in [1.82, 2.24) is 4.98 Å². The number of pyridine rings is 1. The minimum Gasteiger partial charge on any atom is -0.289 e. The highest BCUT2D eigenvalue weighted by Gasteiger charge is 2.20. The first-order chi connectivity index (χ1) is 13.7. The highest BCUT2D eigenvalue weighted by molar-refractivity contribution is 7.89. The van der Waals surface area contributed by atoms with E-state index in [0.29, 0.717) is 16.7 Å². The molecule has 4 rings (SSSR count). The number of sulfonamides is 1. The van der Waals surface area contributed by atoms with Crippen molar-refractivity contribution in [3.63, 3.8) is 0 Å². The number of hydrogen-bond donors (Lipinski definition) is 1. The largest absolute Gasteiger partial charge is 0.289 e. The van der Waals surface area contributed by atoms with Crippen LogP contribution in [0.25, 0.3) is 5.57 Å². The van der Waals surface area contributed by atoms with Crippen molar-refractivity contribution in [2.24, 2.45) is 5.14 Å². The Labute approximate surface area is 170 Å². The second-order valence-corrected chi connectivity index (χ2v) is 8.76. The van der Waals surface area contributed by atoms with Gasteiger partial charge >= 0.3 is 0 Å². The molecule has 2 aromatic carbocycles. The zero-order valence-electron chi connectivity index (χ0n) is 16.1. The molecule has 0 atom stereocenters. The maximum atomic E-state index is 13.0. The Balaban J connectivity index is 1.68. The van der Waals surface area contributed by atoms with Crippen LogP contribution in [0.2, 0.25) is 0 Å². The molecule has 0 radical (unpaired) electrons. The second-order valence-electron chi connectivity index (χ2n) is 7.23. The van der Waals surface area contributed by atoms with Crippen LogP contribution in [0.1, 0.15) is 43.9 Å². The number of nitrogens with two attached hydrogens (primary N) is 1. The number of ketones is 1. The van der Waals surface area contributed by atoms with Crippen molar-refractivity contribution in [2.45, 2.75) is 25.2 Å². The molecule has 0 unspecified atom stereocenters. The van der Waals surface area contributed by atoms with E-state index in [-0.39, 0.29) is 10.7 Å². The first kappa shape index (κ1) is 19.2. The molecule has 5 nitrogen and oxygen atoms in total. The molecule has 1 aliphatic carbocycles. The highest BCUT2D eigenvalue weighted by Crippen LogP contribution is 2.33. The molecule has 3 aromatic rings. The van der Waals surface area contributed by atoms with E-state index in [0.717, 1.165) is 34.4 Å². The summed E-state index contributed by atoms with van der Waals surface area (Å²) in [6.07, 6.45) is 4.68. The fourth-order valence-electron chi connectivity index (χ4n) is 3.69. The fraction of sp³-hybridized carbons (Fsp3) is 0.130. The van der Waals surface area contributed by atoms with Crippen LogP contribution < -0.4 is 5.14 Å². The molecule has 0 fully saturated rings. The summed E-state index contributed by atoms with van der Waals surface area (Å²) in [6.45, 7) is 3.61. The summed E-state index contributed by atoms with van der Waals surface area (Å²) in [6, 6.07) is 14.2. The van der Waals surface area contributed by atoms with E-state index in [9.17, 15) is 13.2 Å². The van der Waals surface area contributed by atoms with Crippen molar-refractivity contribution in [1.29, 1.82) is 0 Å². The average Bonchev–Trinajstić information content (AvgIpc) is 3.10. The molecule has 6 heteroatoms. The number of allylic oxidation sites excluding steroid dienone is 1. The predicted octanol–water partition coefficient (Wildman–Crippen LogP) is 3.56. The van der Waals surface area contributed by atoms with Gasteiger partial charge < -0.3 is 0 Å². The third-order valence-corrected chi connectivity index (χ3v) is 6.20. The molecule has 1 heterocycles. The van der Waals surface area contributed by atoms with Gasteiger partial charge in [-0.1, -0.05) is 30.3 Å². The predicted molar refractivity (Wildman–Crippen MR) is 112 cm³/mol. The Morgan fingerprint density at radius 2 is 1.72 bits per heavy atom. The van der Waals surface area contributed by atoms with Gasteiger partial charge in [0.2, 0.25) is 10.0 Å². The monoisotopic (exact) mass is 404 g/mol. The number of carbonyl (C=O) groups excluding carboxylic acids is 1. The normalized spacial score (nSPS) is 13.1. The zero-order chi connectivity index (χ0) is 20.8. The topological polar surface area (TPSA) is 90.1 Å². The maximum Gasteiger partial charge on any atom is 0.238 e. The third-order valence-electron chi connectivity index (χ3n) is 5.15. The summed E-state index contributed by atoms with van der Waals surface area (Å²) in [4.78, 5) is 17.2. The van der Waals surface area contributed by atoms with E-state index in [1.807, 2.05) is 31.2 Å². The van der Waals surface area contributed by atoms with Gasteiger partial charge in [0.25, 0.3) is 0 Å². The van der Waals surface area contributed by atoms with Crippen molar-refractivity contribution in [3.05, 3.63) is 99.9 Å². The first-order valence-electron chi connectivity index (χ1n) is 9.18. The summed E-state index contributed by atoms with van der Waals surface area (Å²) in [7, 11) is -3.89. The molecular weight excluding hydrogens is 384 g/mol. The molecule has 1 aromatic heterocycles. The van der Waals surface area contributed by atoms with E-state index in [1.54, 1.807) is 31.3 Å². The van der Waals surface area contributed by atoms with Crippen LogP contribution in [0.5, 0.6) is 0 Å². The van der Waals surface area contributed by atoms with Crippen LogP contribution in [0.4, 0.5) is 0 Å². The number of aryl methyl sites for hydroxylation is 2. The molecule has 0 saturated heterocycles. The Morgan fingerprint density at radius 1 is 1.00 bits per heavy atom. The molecule has 146 valence electrons. The van der Waals surface area contributed by atoms with Crippen LogP contribution in [-0.2, 0) is 16.4 Å². The SMILES string of the molecule is Cc1cc(C2=CCc3cc(C(=O)c4ccc(C)c(S(N)(=O)=O)c4)ccc32)ccn1. The van der Waals surface area contributed by atoms with Crippen LogP contribution >= 0.6 is 0 Å². The molecular formula is C23H20N2O3S. The van der Waals surface area contributed by atoms with Crippen LogP contribution in [0.3, 0.4) is 0 Å². The fourth-order valence-corrected chi connectivity index (χ4v) is 4.50.